The number of hydrogen-bond donors (Lipinski definition) is 1. The predicted molar refractivity (Wildman–Crippen MR) is 92.4 cm³/mol. The van der Waals surface area contributed by atoms with Gasteiger partial charge in [-0.3, -0.25) is 4.79 Å². The molecule has 148 valence electrons. The van der Waals surface area contributed by atoms with Crippen molar-refractivity contribution < 1.29 is 27.4 Å². The molecular weight excluding hydrogens is 377 g/mol. The lowest BCUT2D eigenvalue weighted by Gasteiger charge is -2.37. The van der Waals surface area contributed by atoms with Crippen LogP contribution < -0.4 is 10.2 Å². The quantitative estimate of drug-likeness (QED) is 0.807. The number of ether oxygens (including phenoxy) is 2. The summed E-state index contributed by atoms with van der Waals surface area (Å²) in [4.78, 5) is 14.2. The van der Waals surface area contributed by atoms with Crippen LogP contribution >= 0.6 is 0 Å². The van der Waals surface area contributed by atoms with Crippen molar-refractivity contribution >= 4 is 17.4 Å². The summed E-state index contributed by atoms with van der Waals surface area (Å²) >= 11 is 0. The van der Waals surface area contributed by atoms with E-state index in [1.165, 1.54) is 6.07 Å². The van der Waals surface area contributed by atoms with E-state index in [9.17, 15) is 18.0 Å². The molecule has 1 spiro atoms. The van der Waals surface area contributed by atoms with E-state index in [4.69, 9.17) is 9.47 Å². The van der Waals surface area contributed by atoms with Gasteiger partial charge in [-0.05, 0) is 24.3 Å². The van der Waals surface area contributed by atoms with Crippen molar-refractivity contribution in [3.8, 4) is 0 Å². The van der Waals surface area contributed by atoms with Gasteiger partial charge in [-0.15, -0.1) is 10.2 Å². The van der Waals surface area contributed by atoms with Gasteiger partial charge in [0.1, 0.15) is 0 Å². The number of anilines is 2. The average molecular weight is 394 g/mol. The number of halogens is 3. The van der Waals surface area contributed by atoms with E-state index in [2.05, 4.69) is 15.5 Å². The number of rotatable bonds is 3. The Kier molecular flexibility index (Phi) is 4.90. The molecule has 2 fully saturated rings. The van der Waals surface area contributed by atoms with Crippen LogP contribution in [0.15, 0.2) is 24.3 Å². The topological polar surface area (TPSA) is 76.6 Å². The Morgan fingerprint density at radius 3 is 2.36 bits per heavy atom. The Balaban J connectivity index is 1.40. The molecule has 0 saturated carbocycles. The minimum Gasteiger partial charge on any atom is -0.355 e. The molecule has 2 aliphatic heterocycles. The first-order valence-electron chi connectivity index (χ1n) is 8.79. The lowest BCUT2D eigenvalue weighted by molar-refractivity contribution is -0.169. The van der Waals surface area contributed by atoms with Crippen LogP contribution in [0, 0.1) is 17.5 Å². The smallest absolute Gasteiger partial charge is 0.276 e. The number of carbonyl (C=O) groups is 1. The molecule has 2 aromatic rings. The number of nitrogens with one attached hydrogen (secondary N) is 1. The molecule has 0 unspecified atom stereocenters. The molecule has 1 amide bonds. The molecule has 0 atom stereocenters. The highest BCUT2D eigenvalue weighted by Gasteiger charge is 2.40. The van der Waals surface area contributed by atoms with E-state index >= 15 is 0 Å². The molecular formula is C18H17F3N4O3. The first-order valence-corrected chi connectivity index (χ1v) is 8.79. The number of amides is 1. The molecule has 1 N–H and O–H groups in total. The van der Waals surface area contributed by atoms with Crippen LogP contribution in [0.2, 0.25) is 0 Å². The van der Waals surface area contributed by atoms with Gasteiger partial charge in [-0.2, -0.15) is 0 Å². The minimum absolute atomic E-state index is 0.0798. The number of carbonyl (C=O) groups excluding carboxylic acids is 1. The lowest BCUT2D eigenvalue weighted by Crippen LogP contribution is -2.45. The normalized spacial score (nSPS) is 18.5. The summed E-state index contributed by atoms with van der Waals surface area (Å²) in [5, 5.41) is 10.0. The zero-order valence-corrected chi connectivity index (χ0v) is 14.8. The molecule has 2 saturated heterocycles. The fourth-order valence-electron chi connectivity index (χ4n) is 3.29. The highest BCUT2D eigenvalue weighted by molar-refractivity contribution is 6.02. The lowest BCUT2D eigenvalue weighted by atomic mass is 10.0. The van der Waals surface area contributed by atoms with Crippen molar-refractivity contribution in [1.82, 2.24) is 10.2 Å². The van der Waals surface area contributed by atoms with Gasteiger partial charge in [0, 0.05) is 25.9 Å². The molecule has 10 heteroatoms. The molecule has 28 heavy (non-hydrogen) atoms. The van der Waals surface area contributed by atoms with Gasteiger partial charge in [-0.1, -0.05) is 0 Å². The summed E-state index contributed by atoms with van der Waals surface area (Å²) in [5.74, 6) is -5.17. The number of piperidine rings is 1. The number of hydrogen-bond acceptors (Lipinski definition) is 6. The monoisotopic (exact) mass is 394 g/mol. The molecule has 0 bridgehead atoms. The Bertz CT molecular complexity index is 878. The molecule has 1 aromatic carbocycles. The van der Waals surface area contributed by atoms with Crippen molar-refractivity contribution in [2.24, 2.45) is 0 Å². The van der Waals surface area contributed by atoms with Gasteiger partial charge >= 0.3 is 0 Å². The summed E-state index contributed by atoms with van der Waals surface area (Å²) < 4.78 is 51.3. The van der Waals surface area contributed by atoms with Gasteiger partial charge in [0.05, 0.1) is 18.9 Å². The summed E-state index contributed by atoms with van der Waals surface area (Å²) in [6, 6.07) is 4.72. The van der Waals surface area contributed by atoms with Crippen LogP contribution in [0.4, 0.5) is 24.7 Å². The average Bonchev–Trinajstić information content (AvgIpc) is 3.17. The van der Waals surface area contributed by atoms with Crippen LogP contribution in [-0.4, -0.2) is 48.2 Å². The molecule has 0 radical (unpaired) electrons. The SMILES string of the molecule is O=C(Nc1ccc(F)c(F)c1F)c1ccc(N2CCC3(CC2)OCCO3)nn1. The van der Waals surface area contributed by atoms with Gasteiger partial charge < -0.3 is 19.7 Å². The maximum atomic E-state index is 13.7. The molecule has 1 aromatic heterocycles. The van der Waals surface area contributed by atoms with Crippen molar-refractivity contribution in [2.75, 3.05) is 36.5 Å². The van der Waals surface area contributed by atoms with Gasteiger partial charge in [0.25, 0.3) is 5.91 Å². The third-order valence-corrected chi connectivity index (χ3v) is 4.83. The summed E-state index contributed by atoms with van der Waals surface area (Å²) in [6.45, 7) is 2.53. The Morgan fingerprint density at radius 2 is 1.71 bits per heavy atom. The second-order valence-corrected chi connectivity index (χ2v) is 6.55. The number of nitrogens with zero attached hydrogens (tertiary/aromatic N) is 3. The van der Waals surface area contributed by atoms with Crippen LogP contribution in [0.5, 0.6) is 0 Å². The van der Waals surface area contributed by atoms with E-state index < -0.39 is 34.8 Å². The van der Waals surface area contributed by atoms with E-state index in [0.29, 0.717) is 45.0 Å². The number of benzene rings is 1. The van der Waals surface area contributed by atoms with Gasteiger partial charge in [-0.25, -0.2) is 13.2 Å². The molecule has 7 nitrogen and oxygen atoms in total. The highest BCUT2D eigenvalue weighted by Crippen LogP contribution is 2.32. The summed E-state index contributed by atoms with van der Waals surface area (Å²) in [7, 11) is 0. The fourth-order valence-corrected chi connectivity index (χ4v) is 3.29. The van der Waals surface area contributed by atoms with Crippen LogP contribution in [-0.2, 0) is 9.47 Å². The maximum absolute atomic E-state index is 13.7. The van der Waals surface area contributed by atoms with Crippen molar-refractivity contribution in [1.29, 1.82) is 0 Å². The van der Waals surface area contributed by atoms with Gasteiger partial charge in [0.15, 0.2) is 34.8 Å². The first kappa shape index (κ1) is 18.6. The Hall–Kier alpha value is -2.72. The first-order chi connectivity index (χ1) is 13.5. The van der Waals surface area contributed by atoms with Gasteiger partial charge in [0.2, 0.25) is 0 Å². The van der Waals surface area contributed by atoms with E-state index in [0.717, 1.165) is 12.1 Å². The standard InChI is InChI=1S/C18H17F3N4O3/c19-11-1-2-12(16(21)15(11)20)22-17(26)13-3-4-14(24-23-13)25-7-5-18(6-8-25)27-9-10-28-18/h1-4H,5-10H2,(H,22,26). The van der Waals surface area contributed by atoms with Crippen molar-refractivity contribution in [2.45, 2.75) is 18.6 Å². The molecule has 4 rings (SSSR count). The second-order valence-electron chi connectivity index (χ2n) is 6.55. The molecule has 2 aliphatic rings. The zero-order chi connectivity index (χ0) is 19.7. The third-order valence-electron chi connectivity index (χ3n) is 4.83. The van der Waals surface area contributed by atoms with Crippen molar-refractivity contribution in [3.05, 3.63) is 47.4 Å². The summed E-state index contributed by atoms with van der Waals surface area (Å²) in [6.07, 6.45) is 1.40. The maximum Gasteiger partial charge on any atom is 0.276 e. The van der Waals surface area contributed by atoms with E-state index in [1.807, 2.05) is 4.90 Å². The number of aromatic nitrogens is 2. The third kappa shape index (κ3) is 3.52. The molecule has 0 aliphatic carbocycles. The van der Waals surface area contributed by atoms with Crippen LogP contribution in [0.1, 0.15) is 23.3 Å². The Labute approximate surface area is 158 Å². The zero-order valence-electron chi connectivity index (χ0n) is 14.8. The van der Waals surface area contributed by atoms with Crippen LogP contribution in [0.25, 0.3) is 0 Å². The molecule has 3 heterocycles. The van der Waals surface area contributed by atoms with E-state index in [1.54, 1.807) is 6.07 Å². The summed E-state index contributed by atoms with van der Waals surface area (Å²) in [5.41, 5.74) is -0.559. The minimum atomic E-state index is -1.66. The van der Waals surface area contributed by atoms with E-state index in [-0.39, 0.29) is 5.69 Å². The largest absolute Gasteiger partial charge is 0.355 e. The predicted octanol–water partition coefficient (Wildman–Crippen LogP) is 2.49. The van der Waals surface area contributed by atoms with Crippen molar-refractivity contribution in [3.63, 3.8) is 0 Å². The second kappa shape index (κ2) is 7.36. The van der Waals surface area contributed by atoms with Crippen LogP contribution in [0.3, 0.4) is 0 Å². The fraction of sp³-hybridized carbons (Fsp3) is 0.389. The highest BCUT2D eigenvalue weighted by atomic mass is 19.2. The Morgan fingerprint density at radius 1 is 1.00 bits per heavy atom.